The van der Waals surface area contributed by atoms with Crippen LogP contribution in [0.25, 0.3) is 50.5 Å². The van der Waals surface area contributed by atoms with E-state index in [1.54, 1.807) is 6.20 Å². The lowest BCUT2D eigenvalue weighted by Gasteiger charge is -2.27. The molecule has 7 aromatic rings. The number of nitrogens with zero attached hydrogens (tertiary/aromatic N) is 4. The molecule has 43 heavy (non-hydrogen) atoms. The summed E-state index contributed by atoms with van der Waals surface area (Å²) < 4.78 is 5.98. The predicted octanol–water partition coefficient (Wildman–Crippen LogP) is 10.2. The van der Waals surface area contributed by atoms with Crippen LogP contribution in [-0.4, -0.2) is 15.0 Å². The molecule has 0 spiro atoms. The molecule has 0 amide bonds. The Hall–Kier alpha value is -5.81. The van der Waals surface area contributed by atoms with Crippen molar-refractivity contribution in [3.8, 4) is 22.6 Å². The summed E-state index contributed by atoms with van der Waals surface area (Å²) in [6.07, 6.45) is 9.15. The van der Waals surface area contributed by atoms with Gasteiger partial charge in [0.25, 0.3) is 0 Å². The predicted molar refractivity (Wildman–Crippen MR) is 177 cm³/mol. The number of benzene rings is 4. The molecule has 0 atom stereocenters. The Kier molecular flexibility index (Phi) is 6.82. The second-order valence-electron chi connectivity index (χ2n) is 10.4. The van der Waals surface area contributed by atoms with E-state index in [0.717, 1.165) is 55.6 Å². The van der Waals surface area contributed by atoms with E-state index in [0.29, 0.717) is 11.7 Å². The van der Waals surface area contributed by atoms with Crippen LogP contribution in [0.4, 0.5) is 17.1 Å². The normalized spacial score (nSPS) is 11.4. The van der Waals surface area contributed by atoms with Gasteiger partial charge >= 0.3 is 0 Å². The second kappa shape index (κ2) is 11.2. The van der Waals surface area contributed by atoms with Crippen LogP contribution in [0.5, 0.6) is 0 Å². The van der Waals surface area contributed by atoms with Gasteiger partial charge in [-0.1, -0.05) is 66.8 Å². The molecule has 0 saturated heterocycles. The van der Waals surface area contributed by atoms with Gasteiger partial charge in [0.05, 0.1) is 22.9 Å². The van der Waals surface area contributed by atoms with Crippen molar-refractivity contribution in [2.24, 2.45) is 0 Å². The molecule has 3 aromatic heterocycles. The van der Waals surface area contributed by atoms with Crippen LogP contribution in [0.15, 0.2) is 150 Å². The standard InChI is InChI=1S/C38H28N4O/c1-26(2)12-21-33-25-41-38(43-33)29-15-19-32(20-16-29)42(31-17-13-28(14-18-31)27-8-4-3-5-9-27)35-24-30-10-6-22-39-36(30)37-34(35)11-7-23-40-37/h3-25H,1H2,2H3/b21-12-. The number of hydrogen-bond acceptors (Lipinski definition) is 5. The highest BCUT2D eigenvalue weighted by atomic mass is 16.4. The first-order valence-electron chi connectivity index (χ1n) is 14.1. The summed E-state index contributed by atoms with van der Waals surface area (Å²) in [6.45, 7) is 5.85. The Labute approximate surface area is 250 Å². The molecule has 0 bridgehead atoms. The van der Waals surface area contributed by atoms with Crippen LogP contribution < -0.4 is 4.90 Å². The fraction of sp³-hybridized carbons (Fsp3) is 0.0263. The van der Waals surface area contributed by atoms with Crippen molar-refractivity contribution in [2.75, 3.05) is 4.90 Å². The van der Waals surface area contributed by atoms with Crippen LogP contribution >= 0.6 is 0 Å². The average molecular weight is 557 g/mol. The summed E-state index contributed by atoms with van der Waals surface area (Å²) in [5.74, 6) is 1.25. The summed E-state index contributed by atoms with van der Waals surface area (Å²) >= 11 is 0. The SMILES string of the molecule is C=C(C)/C=C\c1cnc(-c2ccc(N(c3ccc(-c4ccccc4)cc3)c3cc4cccnc4c4ncccc34)cc2)o1. The number of rotatable bonds is 7. The van der Waals surface area contributed by atoms with Crippen molar-refractivity contribution in [2.45, 2.75) is 6.92 Å². The Bertz CT molecular complexity index is 2090. The highest BCUT2D eigenvalue weighted by Gasteiger charge is 2.19. The van der Waals surface area contributed by atoms with Gasteiger partial charge in [-0.3, -0.25) is 9.97 Å². The molecule has 0 aliphatic rings. The molecule has 0 fully saturated rings. The molecule has 0 N–H and O–H groups in total. The van der Waals surface area contributed by atoms with Gasteiger partial charge in [-0.15, -0.1) is 0 Å². The molecule has 5 heteroatoms. The molecular weight excluding hydrogens is 528 g/mol. The molecule has 0 unspecified atom stereocenters. The molecule has 5 nitrogen and oxygen atoms in total. The van der Waals surface area contributed by atoms with Gasteiger partial charge in [-0.2, -0.15) is 0 Å². The van der Waals surface area contributed by atoms with Crippen molar-refractivity contribution < 1.29 is 4.42 Å². The van der Waals surface area contributed by atoms with E-state index in [1.165, 1.54) is 5.56 Å². The monoisotopic (exact) mass is 556 g/mol. The maximum Gasteiger partial charge on any atom is 0.226 e. The third kappa shape index (κ3) is 5.20. The van der Waals surface area contributed by atoms with Crippen molar-refractivity contribution in [3.63, 3.8) is 0 Å². The molecule has 0 saturated carbocycles. The summed E-state index contributed by atoms with van der Waals surface area (Å²) in [4.78, 5) is 16.2. The minimum atomic E-state index is 0.568. The van der Waals surface area contributed by atoms with Crippen molar-refractivity contribution in [1.82, 2.24) is 15.0 Å². The molecule has 3 heterocycles. The number of hydrogen-bond donors (Lipinski definition) is 0. The molecule has 0 radical (unpaired) electrons. The fourth-order valence-electron chi connectivity index (χ4n) is 5.28. The molecule has 7 rings (SSSR count). The van der Waals surface area contributed by atoms with Gasteiger partial charge in [-0.05, 0) is 84.8 Å². The van der Waals surface area contributed by atoms with Crippen LogP contribution in [-0.2, 0) is 0 Å². The van der Waals surface area contributed by atoms with Gasteiger partial charge in [0, 0.05) is 40.1 Å². The van der Waals surface area contributed by atoms with E-state index in [-0.39, 0.29) is 0 Å². The third-order valence-electron chi connectivity index (χ3n) is 7.34. The lowest BCUT2D eigenvalue weighted by molar-refractivity contribution is 0.564. The van der Waals surface area contributed by atoms with E-state index in [4.69, 9.17) is 9.40 Å². The van der Waals surface area contributed by atoms with E-state index >= 15 is 0 Å². The van der Waals surface area contributed by atoms with Crippen molar-refractivity contribution in [1.29, 1.82) is 0 Å². The molecule has 206 valence electrons. The summed E-state index contributed by atoms with van der Waals surface area (Å²) in [6, 6.07) is 37.7. The minimum absolute atomic E-state index is 0.568. The fourth-order valence-corrected chi connectivity index (χ4v) is 5.28. The lowest BCUT2D eigenvalue weighted by Crippen LogP contribution is -2.11. The molecule has 0 aliphatic heterocycles. The van der Waals surface area contributed by atoms with Gasteiger partial charge in [-0.25, -0.2) is 4.98 Å². The highest BCUT2D eigenvalue weighted by Crippen LogP contribution is 2.41. The smallest absolute Gasteiger partial charge is 0.226 e. The second-order valence-corrected chi connectivity index (χ2v) is 10.4. The molecule has 4 aromatic carbocycles. The number of fused-ring (bicyclic) bond motifs is 3. The van der Waals surface area contributed by atoms with E-state index in [9.17, 15) is 0 Å². The maximum atomic E-state index is 5.98. The van der Waals surface area contributed by atoms with E-state index < -0.39 is 0 Å². The van der Waals surface area contributed by atoms with E-state index in [1.807, 2.05) is 61.8 Å². The number of allylic oxidation sites excluding steroid dienone is 2. The zero-order valence-electron chi connectivity index (χ0n) is 23.7. The average Bonchev–Trinajstić information content (AvgIpc) is 3.54. The largest absolute Gasteiger partial charge is 0.437 e. The molecular formula is C38H28N4O. The van der Waals surface area contributed by atoms with Gasteiger partial charge in [0.1, 0.15) is 5.76 Å². The molecule has 0 aliphatic carbocycles. The quantitative estimate of drug-likeness (QED) is 0.144. The summed E-state index contributed by atoms with van der Waals surface area (Å²) in [5, 5.41) is 2.05. The zero-order valence-corrected chi connectivity index (χ0v) is 23.7. The van der Waals surface area contributed by atoms with Gasteiger partial charge in [0.15, 0.2) is 0 Å². The van der Waals surface area contributed by atoms with Gasteiger partial charge < -0.3 is 9.32 Å². The highest BCUT2D eigenvalue weighted by molar-refractivity contribution is 6.11. The van der Waals surface area contributed by atoms with Crippen molar-refractivity contribution in [3.05, 3.63) is 152 Å². The zero-order chi connectivity index (χ0) is 29.2. The van der Waals surface area contributed by atoms with Crippen LogP contribution in [0, 0.1) is 0 Å². The van der Waals surface area contributed by atoms with Crippen LogP contribution in [0.1, 0.15) is 12.7 Å². The number of anilines is 3. The Balaban J connectivity index is 1.35. The number of aromatic nitrogens is 3. The van der Waals surface area contributed by atoms with E-state index in [2.05, 4.69) is 100 Å². The maximum absolute atomic E-state index is 5.98. The first-order valence-corrected chi connectivity index (χ1v) is 14.1. The van der Waals surface area contributed by atoms with Crippen LogP contribution in [0.2, 0.25) is 0 Å². The third-order valence-corrected chi connectivity index (χ3v) is 7.34. The van der Waals surface area contributed by atoms with Gasteiger partial charge in [0.2, 0.25) is 5.89 Å². The Morgan fingerprint density at radius 2 is 1.35 bits per heavy atom. The first-order chi connectivity index (χ1) is 21.1. The Morgan fingerprint density at radius 3 is 2.07 bits per heavy atom. The van der Waals surface area contributed by atoms with Crippen LogP contribution in [0.3, 0.4) is 0 Å². The summed E-state index contributed by atoms with van der Waals surface area (Å²) in [5.41, 5.74) is 8.99. The first kappa shape index (κ1) is 26.1. The number of oxazole rings is 1. The number of pyridine rings is 2. The topological polar surface area (TPSA) is 55.1 Å². The minimum Gasteiger partial charge on any atom is -0.437 e. The van der Waals surface area contributed by atoms with Crippen molar-refractivity contribution >= 4 is 44.9 Å². The summed E-state index contributed by atoms with van der Waals surface area (Å²) in [7, 11) is 0. The lowest BCUT2D eigenvalue weighted by atomic mass is 10.0. The Morgan fingerprint density at radius 1 is 0.698 bits per heavy atom.